The molecule has 0 aliphatic heterocycles. The van der Waals surface area contributed by atoms with E-state index in [1.807, 2.05) is 44.2 Å². The summed E-state index contributed by atoms with van der Waals surface area (Å²) in [5.41, 5.74) is 0.913. The number of esters is 1. The molecule has 0 heterocycles. The molecule has 2 aromatic carbocycles. The zero-order valence-corrected chi connectivity index (χ0v) is 17.2. The highest BCUT2D eigenvalue weighted by molar-refractivity contribution is 6.32. The van der Waals surface area contributed by atoms with E-state index in [1.54, 1.807) is 11.8 Å². The van der Waals surface area contributed by atoms with Crippen molar-refractivity contribution >= 4 is 29.2 Å². The number of benzene rings is 2. The molecule has 0 radical (unpaired) electrons. The molecular formula is C21H24ClNO5. The number of para-hydroxylation sites is 1. The third-order valence-corrected chi connectivity index (χ3v) is 4.32. The quantitative estimate of drug-likeness (QED) is 0.611. The molecule has 2 rings (SSSR count). The molecule has 2 aromatic rings. The van der Waals surface area contributed by atoms with Crippen LogP contribution < -0.4 is 14.4 Å². The number of hydrogen-bond acceptors (Lipinski definition) is 5. The molecule has 0 bridgehead atoms. The highest BCUT2D eigenvalue weighted by Gasteiger charge is 2.25. The molecular weight excluding hydrogens is 382 g/mol. The lowest BCUT2D eigenvalue weighted by atomic mass is 10.2. The van der Waals surface area contributed by atoms with Crippen molar-refractivity contribution in [3.63, 3.8) is 0 Å². The maximum atomic E-state index is 12.7. The Bertz CT molecular complexity index is 825. The van der Waals surface area contributed by atoms with Crippen molar-refractivity contribution in [1.29, 1.82) is 0 Å². The fraction of sp³-hybridized carbons (Fsp3) is 0.333. The standard InChI is InChI=1S/C21H24ClNO5/c1-5-23(16-10-8-7-9-11-16)20(24)14(3)28-21(25)15-12-17(22)19(27-6-2)18(13-15)26-4/h7-14H,5-6H2,1-4H3/t14-/m0/s1. The summed E-state index contributed by atoms with van der Waals surface area (Å²) in [6, 6.07) is 12.1. The van der Waals surface area contributed by atoms with Crippen molar-refractivity contribution in [3.8, 4) is 11.5 Å². The van der Waals surface area contributed by atoms with Gasteiger partial charge in [-0.15, -0.1) is 0 Å². The fourth-order valence-electron chi connectivity index (χ4n) is 2.69. The van der Waals surface area contributed by atoms with Gasteiger partial charge in [-0.25, -0.2) is 4.79 Å². The molecule has 0 unspecified atom stereocenters. The number of carbonyl (C=O) groups excluding carboxylic acids is 2. The second-order valence-electron chi connectivity index (χ2n) is 5.89. The van der Waals surface area contributed by atoms with Gasteiger partial charge in [0, 0.05) is 12.2 Å². The summed E-state index contributed by atoms with van der Waals surface area (Å²) >= 11 is 6.20. The normalized spacial score (nSPS) is 11.5. The van der Waals surface area contributed by atoms with Gasteiger partial charge in [0.15, 0.2) is 17.6 Å². The molecule has 0 N–H and O–H groups in total. The molecule has 150 valence electrons. The summed E-state index contributed by atoms with van der Waals surface area (Å²) in [6.45, 7) is 6.07. The van der Waals surface area contributed by atoms with E-state index in [-0.39, 0.29) is 16.5 Å². The van der Waals surface area contributed by atoms with Crippen molar-refractivity contribution in [3.05, 3.63) is 53.1 Å². The van der Waals surface area contributed by atoms with Crippen LogP contribution in [0.4, 0.5) is 5.69 Å². The number of rotatable bonds is 8. The second-order valence-corrected chi connectivity index (χ2v) is 6.30. The zero-order chi connectivity index (χ0) is 20.7. The summed E-state index contributed by atoms with van der Waals surface area (Å²) in [4.78, 5) is 26.9. The Labute approximate surface area is 169 Å². The highest BCUT2D eigenvalue weighted by atomic mass is 35.5. The van der Waals surface area contributed by atoms with Gasteiger partial charge >= 0.3 is 5.97 Å². The Balaban J connectivity index is 2.17. The predicted molar refractivity (Wildman–Crippen MR) is 109 cm³/mol. The van der Waals surface area contributed by atoms with Gasteiger partial charge in [0.1, 0.15) is 0 Å². The van der Waals surface area contributed by atoms with E-state index in [1.165, 1.54) is 19.2 Å². The first-order valence-electron chi connectivity index (χ1n) is 9.00. The van der Waals surface area contributed by atoms with Crippen LogP contribution >= 0.6 is 11.6 Å². The fourth-order valence-corrected chi connectivity index (χ4v) is 2.96. The molecule has 0 spiro atoms. The van der Waals surface area contributed by atoms with Gasteiger partial charge in [0.05, 0.1) is 24.3 Å². The Morgan fingerprint density at radius 3 is 2.39 bits per heavy atom. The molecule has 28 heavy (non-hydrogen) atoms. The molecule has 1 amide bonds. The maximum absolute atomic E-state index is 12.7. The van der Waals surface area contributed by atoms with Crippen LogP contribution in [0.25, 0.3) is 0 Å². The number of ether oxygens (including phenoxy) is 3. The van der Waals surface area contributed by atoms with E-state index in [4.69, 9.17) is 25.8 Å². The average molecular weight is 406 g/mol. The number of likely N-dealkylation sites (N-methyl/N-ethyl adjacent to an activating group) is 1. The minimum Gasteiger partial charge on any atom is -0.493 e. The number of halogens is 1. The minimum atomic E-state index is -0.969. The SMILES string of the molecule is CCOc1c(Cl)cc(C(=O)O[C@@H](C)C(=O)N(CC)c2ccccc2)cc1OC. The van der Waals surface area contributed by atoms with Crippen LogP contribution in [0.15, 0.2) is 42.5 Å². The van der Waals surface area contributed by atoms with Gasteiger partial charge in [-0.05, 0) is 45.0 Å². The van der Waals surface area contributed by atoms with E-state index < -0.39 is 12.1 Å². The number of amides is 1. The van der Waals surface area contributed by atoms with Crippen LogP contribution in [0.3, 0.4) is 0 Å². The number of methoxy groups -OCH3 is 1. The number of anilines is 1. The first-order chi connectivity index (χ1) is 13.4. The lowest BCUT2D eigenvalue weighted by Gasteiger charge is -2.24. The maximum Gasteiger partial charge on any atom is 0.339 e. The summed E-state index contributed by atoms with van der Waals surface area (Å²) in [7, 11) is 1.45. The van der Waals surface area contributed by atoms with Crippen molar-refractivity contribution in [2.75, 3.05) is 25.2 Å². The Kier molecular flexibility index (Phi) is 7.70. The van der Waals surface area contributed by atoms with Crippen LogP contribution in [0, 0.1) is 0 Å². The summed E-state index contributed by atoms with van der Waals surface area (Å²) in [6.07, 6.45) is -0.969. The Morgan fingerprint density at radius 1 is 1.14 bits per heavy atom. The number of nitrogens with zero attached hydrogens (tertiary/aromatic N) is 1. The lowest BCUT2D eigenvalue weighted by molar-refractivity contribution is -0.126. The Morgan fingerprint density at radius 2 is 1.82 bits per heavy atom. The molecule has 0 saturated carbocycles. The third kappa shape index (κ3) is 4.95. The number of carbonyl (C=O) groups is 2. The van der Waals surface area contributed by atoms with Gasteiger partial charge in [0.2, 0.25) is 0 Å². The first kappa shape index (κ1) is 21.6. The van der Waals surface area contributed by atoms with Crippen LogP contribution in [0.2, 0.25) is 5.02 Å². The summed E-state index contributed by atoms with van der Waals surface area (Å²) < 4.78 is 16.1. The molecule has 0 aliphatic rings. The van der Waals surface area contributed by atoms with Crippen molar-refractivity contribution < 1.29 is 23.8 Å². The smallest absolute Gasteiger partial charge is 0.339 e. The van der Waals surface area contributed by atoms with Gasteiger partial charge in [-0.1, -0.05) is 29.8 Å². The first-order valence-corrected chi connectivity index (χ1v) is 9.38. The van der Waals surface area contributed by atoms with E-state index in [2.05, 4.69) is 0 Å². The zero-order valence-electron chi connectivity index (χ0n) is 16.4. The van der Waals surface area contributed by atoms with Crippen molar-refractivity contribution in [2.45, 2.75) is 26.9 Å². The van der Waals surface area contributed by atoms with E-state index in [9.17, 15) is 9.59 Å². The molecule has 0 fully saturated rings. The van der Waals surface area contributed by atoms with Crippen LogP contribution in [-0.2, 0) is 9.53 Å². The average Bonchev–Trinajstić information content (AvgIpc) is 2.70. The van der Waals surface area contributed by atoms with Crippen LogP contribution in [0.1, 0.15) is 31.1 Å². The topological polar surface area (TPSA) is 65.1 Å². The lowest BCUT2D eigenvalue weighted by Crippen LogP contribution is -2.40. The predicted octanol–water partition coefficient (Wildman–Crippen LogP) is 4.35. The van der Waals surface area contributed by atoms with Gasteiger partial charge in [0.25, 0.3) is 5.91 Å². The van der Waals surface area contributed by atoms with Crippen LogP contribution in [0.5, 0.6) is 11.5 Å². The largest absolute Gasteiger partial charge is 0.493 e. The van der Waals surface area contributed by atoms with Gasteiger partial charge in [-0.3, -0.25) is 4.79 Å². The molecule has 0 aliphatic carbocycles. The Hall–Kier alpha value is -2.73. The summed E-state index contributed by atoms with van der Waals surface area (Å²) in [5.74, 6) is -0.312. The molecule has 7 heteroatoms. The van der Waals surface area contributed by atoms with E-state index >= 15 is 0 Å². The molecule has 1 atom stereocenters. The second kappa shape index (κ2) is 9.99. The van der Waals surface area contributed by atoms with E-state index in [0.717, 1.165) is 5.69 Å². The van der Waals surface area contributed by atoms with E-state index in [0.29, 0.717) is 24.7 Å². The monoisotopic (exact) mass is 405 g/mol. The minimum absolute atomic E-state index is 0.174. The summed E-state index contributed by atoms with van der Waals surface area (Å²) in [5, 5.41) is 0.228. The number of hydrogen-bond donors (Lipinski definition) is 0. The third-order valence-electron chi connectivity index (χ3n) is 4.04. The van der Waals surface area contributed by atoms with Crippen molar-refractivity contribution in [1.82, 2.24) is 0 Å². The molecule has 0 saturated heterocycles. The molecule has 6 nitrogen and oxygen atoms in total. The van der Waals surface area contributed by atoms with Gasteiger partial charge in [-0.2, -0.15) is 0 Å². The van der Waals surface area contributed by atoms with Crippen molar-refractivity contribution in [2.24, 2.45) is 0 Å². The highest BCUT2D eigenvalue weighted by Crippen LogP contribution is 2.36. The van der Waals surface area contributed by atoms with Crippen LogP contribution in [-0.4, -0.2) is 38.2 Å². The molecule has 0 aromatic heterocycles. The van der Waals surface area contributed by atoms with Gasteiger partial charge < -0.3 is 19.1 Å².